The van der Waals surface area contributed by atoms with Crippen molar-refractivity contribution >= 4 is 45.7 Å². The van der Waals surface area contributed by atoms with Gasteiger partial charge in [-0.1, -0.05) is 72.3 Å². The quantitative estimate of drug-likeness (QED) is 0.181. The second-order valence-corrected chi connectivity index (χ2v) is 12.1. The van der Waals surface area contributed by atoms with Crippen LogP contribution in [0, 0.1) is 0 Å². The average molecular weight is 662 g/mol. The van der Waals surface area contributed by atoms with Crippen LogP contribution in [-0.2, 0) is 13.0 Å². The van der Waals surface area contributed by atoms with E-state index in [4.69, 9.17) is 16.7 Å². The summed E-state index contributed by atoms with van der Waals surface area (Å²) < 4.78 is 1.60. The Balaban J connectivity index is 1.26. The molecular formula is C39H28ClN7O2. The third-order valence-corrected chi connectivity index (χ3v) is 9.00. The third kappa shape index (κ3) is 5.60. The Kier molecular flexibility index (Phi) is 7.87. The Morgan fingerprint density at radius 2 is 1.39 bits per heavy atom. The molecule has 9 nitrogen and oxygen atoms in total. The van der Waals surface area contributed by atoms with Gasteiger partial charge in [-0.25, -0.2) is 9.67 Å². The predicted molar refractivity (Wildman–Crippen MR) is 188 cm³/mol. The first-order chi connectivity index (χ1) is 24.1. The molecule has 3 aromatic carbocycles. The Hall–Kier alpha value is -6.19. The number of carbonyl (C=O) groups excluding carboxylic acids is 2. The van der Waals surface area contributed by atoms with Crippen LogP contribution in [0.2, 0.25) is 5.02 Å². The maximum Gasteiger partial charge on any atom is 0.283 e. The zero-order chi connectivity index (χ0) is 33.3. The minimum absolute atomic E-state index is 0.170. The number of rotatable bonds is 6. The van der Waals surface area contributed by atoms with Gasteiger partial charge >= 0.3 is 0 Å². The van der Waals surface area contributed by atoms with E-state index in [0.717, 1.165) is 11.1 Å². The number of pyridine rings is 3. The normalized spacial score (nSPS) is 14.0. The fraction of sp³-hybridized carbons (Fsp3) is 0.0769. The van der Waals surface area contributed by atoms with Crippen LogP contribution >= 0.6 is 11.6 Å². The SMILES string of the molecule is O=C(c1nn(-c2cc(Cl)cnc2C(=O)N2Cc3ccccc3CC2c2ccncc2)c2ccccc12)N(c1ccccc1)c1ccncc1. The van der Waals surface area contributed by atoms with Gasteiger partial charge < -0.3 is 4.90 Å². The van der Waals surface area contributed by atoms with Crippen molar-refractivity contribution in [1.82, 2.24) is 29.6 Å². The van der Waals surface area contributed by atoms with Gasteiger partial charge in [-0.2, -0.15) is 5.10 Å². The van der Waals surface area contributed by atoms with Crippen LogP contribution in [-0.4, -0.2) is 41.4 Å². The number of benzene rings is 3. The van der Waals surface area contributed by atoms with Crippen LogP contribution in [0.5, 0.6) is 0 Å². The molecule has 0 radical (unpaired) electrons. The molecule has 1 aliphatic rings. The van der Waals surface area contributed by atoms with E-state index in [1.165, 1.54) is 11.8 Å². The van der Waals surface area contributed by atoms with Gasteiger partial charge in [0.05, 0.1) is 28.0 Å². The summed E-state index contributed by atoms with van der Waals surface area (Å²) in [6.45, 7) is 0.396. The Bertz CT molecular complexity index is 2270. The van der Waals surface area contributed by atoms with E-state index in [1.54, 1.807) is 52.6 Å². The Labute approximate surface area is 287 Å². The maximum absolute atomic E-state index is 14.7. The highest BCUT2D eigenvalue weighted by Gasteiger charge is 2.34. The van der Waals surface area contributed by atoms with Crippen LogP contribution < -0.4 is 4.90 Å². The van der Waals surface area contributed by atoms with Crippen LogP contribution in [0.3, 0.4) is 0 Å². The number of amides is 2. The van der Waals surface area contributed by atoms with Gasteiger partial charge in [-0.3, -0.25) is 24.5 Å². The molecule has 5 heterocycles. The lowest BCUT2D eigenvalue weighted by atomic mass is 9.90. The number of hydrogen-bond acceptors (Lipinski definition) is 6. The summed E-state index contributed by atoms with van der Waals surface area (Å²) in [5.74, 6) is -0.626. The van der Waals surface area contributed by atoms with Crippen LogP contribution in [0.25, 0.3) is 16.6 Å². The lowest BCUT2D eigenvalue weighted by Gasteiger charge is -2.37. The standard InChI is InChI=1S/C39H28ClN7O2/c40-29-23-35(37(43-24-29)38(48)45-25-28-9-5-4-8-27(28)22-34(45)26-14-18-41-19-15-26)47-33-13-7-6-12-32(33)36(44-47)39(49)46(30-10-2-1-3-11-30)31-16-20-42-21-17-31/h1-21,23-24,34H,22,25H2. The zero-order valence-corrected chi connectivity index (χ0v) is 26.9. The summed E-state index contributed by atoms with van der Waals surface area (Å²) in [4.78, 5) is 45.7. The first-order valence-electron chi connectivity index (χ1n) is 15.8. The van der Waals surface area contributed by atoms with E-state index in [2.05, 4.69) is 27.1 Å². The van der Waals surface area contributed by atoms with Crippen LogP contribution in [0.15, 0.2) is 140 Å². The highest BCUT2D eigenvalue weighted by Crippen LogP contribution is 2.36. The smallest absolute Gasteiger partial charge is 0.283 e. The molecule has 49 heavy (non-hydrogen) atoms. The van der Waals surface area contributed by atoms with Gasteiger partial charge in [-0.15, -0.1) is 0 Å². The summed E-state index contributed by atoms with van der Waals surface area (Å²) >= 11 is 6.56. The number of anilines is 2. The van der Waals surface area contributed by atoms with Crippen LogP contribution in [0.1, 0.15) is 43.7 Å². The number of fused-ring (bicyclic) bond motifs is 2. The van der Waals surface area contributed by atoms with Crippen molar-refractivity contribution in [2.24, 2.45) is 0 Å². The van der Waals surface area contributed by atoms with Gasteiger partial charge in [0.1, 0.15) is 0 Å². The average Bonchev–Trinajstić information content (AvgIpc) is 3.55. The molecular weight excluding hydrogens is 634 g/mol. The molecule has 238 valence electrons. The molecule has 10 heteroatoms. The van der Waals surface area contributed by atoms with Gasteiger partial charge in [-0.05, 0) is 71.6 Å². The number of aromatic nitrogens is 5. The molecule has 4 aromatic heterocycles. The van der Waals surface area contributed by atoms with Gasteiger partial charge in [0.15, 0.2) is 11.4 Å². The van der Waals surface area contributed by atoms with E-state index in [0.29, 0.717) is 46.0 Å². The lowest BCUT2D eigenvalue weighted by molar-refractivity contribution is 0.0631. The molecule has 1 atom stereocenters. The molecule has 0 aliphatic carbocycles. The molecule has 0 saturated carbocycles. The maximum atomic E-state index is 14.7. The van der Waals surface area contributed by atoms with Crippen molar-refractivity contribution < 1.29 is 9.59 Å². The Morgan fingerprint density at radius 3 is 2.16 bits per heavy atom. The predicted octanol–water partition coefficient (Wildman–Crippen LogP) is 7.78. The molecule has 8 rings (SSSR count). The lowest BCUT2D eigenvalue weighted by Crippen LogP contribution is -2.39. The number of hydrogen-bond donors (Lipinski definition) is 0. The molecule has 0 N–H and O–H groups in total. The fourth-order valence-electron chi connectivity index (χ4n) is 6.48. The molecule has 0 spiro atoms. The molecule has 0 saturated heterocycles. The summed E-state index contributed by atoms with van der Waals surface area (Å²) in [6.07, 6.45) is 8.87. The van der Waals surface area contributed by atoms with Crippen molar-refractivity contribution in [2.45, 2.75) is 19.0 Å². The number of carbonyl (C=O) groups is 2. The van der Waals surface area contributed by atoms with Crippen molar-refractivity contribution in [1.29, 1.82) is 0 Å². The number of para-hydroxylation sites is 2. The Morgan fingerprint density at radius 1 is 0.735 bits per heavy atom. The second-order valence-electron chi connectivity index (χ2n) is 11.7. The monoisotopic (exact) mass is 661 g/mol. The van der Waals surface area contributed by atoms with E-state index < -0.39 is 0 Å². The topological polar surface area (TPSA) is 97.1 Å². The van der Waals surface area contributed by atoms with E-state index in [1.807, 2.05) is 83.8 Å². The first kappa shape index (κ1) is 30.2. The molecule has 0 fully saturated rings. The third-order valence-electron chi connectivity index (χ3n) is 8.79. The van der Waals surface area contributed by atoms with E-state index in [9.17, 15) is 9.59 Å². The second kappa shape index (κ2) is 12.8. The zero-order valence-electron chi connectivity index (χ0n) is 26.1. The van der Waals surface area contributed by atoms with Crippen molar-refractivity contribution in [3.63, 3.8) is 0 Å². The minimum atomic E-state index is -0.347. The van der Waals surface area contributed by atoms with E-state index >= 15 is 0 Å². The largest absolute Gasteiger partial charge is 0.326 e. The highest BCUT2D eigenvalue weighted by molar-refractivity contribution is 6.30. The number of halogens is 1. The summed E-state index contributed by atoms with van der Waals surface area (Å²) in [7, 11) is 0. The van der Waals surface area contributed by atoms with Gasteiger partial charge in [0.2, 0.25) is 0 Å². The minimum Gasteiger partial charge on any atom is -0.326 e. The molecule has 7 aromatic rings. The molecule has 2 amide bonds. The summed E-state index contributed by atoms with van der Waals surface area (Å²) in [5, 5.41) is 5.85. The van der Waals surface area contributed by atoms with Crippen LogP contribution in [0.4, 0.5) is 11.4 Å². The molecule has 1 unspecified atom stereocenters. The summed E-state index contributed by atoms with van der Waals surface area (Å²) in [5.41, 5.74) is 5.92. The van der Waals surface area contributed by atoms with Crippen molar-refractivity contribution in [3.05, 3.63) is 173 Å². The fourth-order valence-corrected chi connectivity index (χ4v) is 6.63. The molecule has 1 aliphatic heterocycles. The first-order valence-corrected chi connectivity index (χ1v) is 16.2. The van der Waals surface area contributed by atoms with Gasteiger partial charge in [0.25, 0.3) is 11.8 Å². The highest BCUT2D eigenvalue weighted by atomic mass is 35.5. The summed E-state index contributed by atoms with van der Waals surface area (Å²) in [6, 6.07) is 33.8. The van der Waals surface area contributed by atoms with E-state index in [-0.39, 0.29) is 29.2 Å². The van der Waals surface area contributed by atoms with Crippen molar-refractivity contribution in [3.8, 4) is 5.69 Å². The van der Waals surface area contributed by atoms with Gasteiger partial charge in [0, 0.05) is 48.6 Å². The molecule has 0 bridgehead atoms. The number of nitrogens with zero attached hydrogens (tertiary/aromatic N) is 7. The van der Waals surface area contributed by atoms with Crippen molar-refractivity contribution in [2.75, 3.05) is 4.90 Å².